The number of unbranched alkanes of at least 4 members (excludes halogenated alkanes) is 9. The largest absolute Gasteiger partial charge is 0.569 e. The molecule has 12 aromatic rings. The van der Waals surface area contributed by atoms with Crippen LogP contribution in [0.1, 0.15) is 281 Å². The number of hydrogen-bond donors (Lipinski definition) is 6. The number of hydrogen-bond acceptors (Lipinski definition) is 18. The Kier molecular flexibility index (Phi) is 76.3. The summed E-state index contributed by atoms with van der Waals surface area (Å²) in [5, 5.41) is 32.9. The molecule has 0 aromatic heterocycles. The van der Waals surface area contributed by atoms with E-state index in [1.165, 1.54) is 191 Å². The van der Waals surface area contributed by atoms with Crippen LogP contribution in [-0.2, 0) is 155 Å². The van der Waals surface area contributed by atoms with E-state index >= 15 is 0 Å². The van der Waals surface area contributed by atoms with Crippen molar-refractivity contribution in [1.82, 2.24) is 0 Å². The van der Waals surface area contributed by atoms with E-state index in [4.69, 9.17) is 60.3 Å². The summed E-state index contributed by atoms with van der Waals surface area (Å²) in [4.78, 5) is 68.1. The molecule has 0 atom stereocenters. The molecule has 6 aliphatic rings. The van der Waals surface area contributed by atoms with Crippen LogP contribution in [0, 0.1) is 21.0 Å². The SMILES string of the molecule is C.C.CCC(=O)OCC1c2ccccc2-c2ccccc21.CCCC(=O)OCC1c2ccccc2-c2ccccc21.CCCCC(=O)OCC1c2ccccc2-c2ccccc21.CCCCCC.CCCCCN.I.II.O=C(CO)OCC1c2ccccc2-c2ccccc21.O=C(CO)OCC1c2ccccc2-c2ccccc21.O=C(CO)OCC1c2ccccc2-c2ccccc21.[CH2-]CCCC.[CH2-]CCCN.[CH2-]O.[Y].[Y].[Y]. The zero-order chi connectivity index (χ0) is 103. The zero-order valence-electron chi connectivity index (χ0n) is 86.5. The van der Waals surface area contributed by atoms with E-state index < -0.39 is 37.7 Å². The summed E-state index contributed by atoms with van der Waals surface area (Å²) in [6.45, 7) is 24.0. The second-order valence-electron chi connectivity index (χ2n) is 34.5. The molecule has 18 rings (SSSR count). The molecule has 18 nitrogen and oxygen atoms in total. The Morgan fingerprint density at radius 1 is 0.248 bits per heavy atom. The first kappa shape index (κ1) is 140. The minimum absolute atomic E-state index is 0. The number of carbonyl (C=O) groups excluding carboxylic acids is 6. The summed E-state index contributed by atoms with van der Waals surface area (Å²) in [5.74, 6) is -1.39. The van der Waals surface area contributed by atoms with Gasteiger partial charge in [0.05, 0.1) is 0 Å². The van der Waals surface area contributed by atoms with Crippen molar-refractivity contribution >= 4 is 97.0 Å². The molecule has 0 amide bonds. The number of rotatable bonds is 31. The van der Waals surface area contributed by atoms with E-state index in [0.29, 0.717) is 39.1 Å². The summed E-state index contributed by atoms with van der Waals surface area (Å²) < 4.78 is 31.6. The molecule has 149 heavy (non-hydrogen) atoms. The monoisotopic (exact) mass is 2590 g/mol. The van der Waals surface area contributed by atoms with Crippen LogP contribution >= 0.6 is 61.2 Å². The zero-order valence-corrected chi connectivity index (χ0v) is 102. The standard InChI is InChI=1S/C19H20O2.C18H18O2.C17H16O2.3C16H14O3.C6H14.C5H13N.C5H11.C4H10N.CH3O.2CH4.I2.HI.3Y/c1-2-3-12-19(20)21-13-18-16-10-6-4-8-14(16)15-9-5-7-11-17(15)18;1-2-7-18(19)20-12-17-15-10-5-3-8-13(15)14-9-4-6-11-16(14)17;1-2-17(18)19-11-16-14-9-5-3-7-12(14)13-8-4-6-10-15(13)16;3*17-9-16(18)19-10-15-13-7-3-1-5-11(13)12-6-2-4-8-14(12)15;1-3-5-6-4-2;1-2-3-4-5-6;1-3-5-4-2;1-2-3-4-5;1-2;;;1-2;;;;/h4-11,18H,2-3,12-13H2,1H3;3-6,8-11,17H,2,7,12H2,1H3;3-10,16H,2,11H2,1H3;3*1-8,15,17H,9-10H2;3-6H2,1-2H3;2-6H2,1H3;1,3-5H2,2H3;1-5H2;2H,1H2;2*1H4;;1H;;;/q;;;;;;;;3*-1;;;;;;;. The van der Waals surface area contributed by atoms with Crippen molar-refractivity contribution in [2.75, 3.05) is 72.6 Å². The smallest absolute Gasteiger partial charge is 0.331 e. The topological polar surface area (TPSA) is 291 Å². The number of carbonyl (C=O) groups is 6. The number of esters is 6. The van der Waals surface area contributed by atoms with Crippen molar-refractivity contribution in [3.8, 4) is 66.8 Å². The Morgan fingerprint density at radius 2 is 0.409 bits per heavy atom. The van der Waals surface area contributed by atoms with Crippen molar-refractivity contribution in [1.29, 1.82) is 0 Å². The van der Waals surface area contributed by atoms with Gasteiger partial charge in [-0.15, -0.1) is 24.0 Å². The van der Waals surface area contributed by atoms with Crippen LogP contribution in [0.15, 0.2) is 291 Å². The van der Waals surface area contributed by atoms with Crippen LogP contribution in [0.5, 0.6) is 0 Å². The molecule has 0 aliphatic heterocycles. The molecule has 24 heteroatoms. The van der Waals surface area contributed by atoms with Gasteiger partial charge in [0.25, 0.3) is 0 Å². The average molecular weight is 2590 g/mol. The van der Waals surface area contributed by atoms with Crippen LogP contribution in [0.2, 0.25) is 0 Å². The third-order valence-corrected chi connectivity index (χ3v) is 24.9. The van der Waals surface area contributed by atoms with Gasteiger partial charge >= 0.3 is 35.8 Å². The molecule has 0 saturated carbocycles. The second kappa shape index (κ2) is 81.4. The molecule has 8 N–H and O–H groups in total. The van der Waals surface area contributed by atoms with Crippen molar-refractivity contribution in [2.45, 2.75) is 214 Å². The van der Waals surface area contributed by atoms with Crippen LogP contribution in [0.4, 0.5) is 0 Å². The molecular formula is C125H156I3N2O16Y3-3. The fourth-order valence-corrected chi connectivity index (χ4v) is 17.9. The molecule has 0 heterocycles. The van der Waals surface area contributed by atoms with Crippen LogP contribution in [-0.4, -0.2) is 129 Å². The Balaban J connectivity index is 0.000000846. The minimum Gasteiger partial charge on any atom is -0.569 e. The number of benzene rings is 12. The fraction of sp³-hybridized carbons (Fsp3) is 0.352. The maximum Gasteiger partial charge on any atom is 0.331 e. The summed E-state index contributed by atoms with van der Waals surface area (Å²) in [5.41, 5.74) is 39.7. The Labute approximate surface area is 1000 Å². The fourth-order valence-electron chi connectivity index (χ4n) is 17.9. The molecule has 0 spiro atoms. The van der Waals surface area contributed by atoms with E-state index in [-0.39, 0.29) is 210 Å². The number of aliphatic hydroxyl groups excluding tert-OH is 4. The second-order valence-corrected chi connectivity index (χ2v) is 34.5. The number of nitrogens with two attached hydrogens (primary N) is 2. The number of aliphatic hydroxyl groups is 4. The molecule has 0 fully saturated rings. The Morgan fingerprint density at radius 3 is 0.544 bits per heavy atom. The predicted octanol–water partition coefficient (Wildman–Crippen LogP) is 29.5. The molecule has 0 unspecified atom stereocenters. The van der Waals surface area contributed by atoms with Gasteiger partial charge in [0.1, 0.15) is 59.5 Å². The Bertz CT molecular complexity index is 5080. The molecule has 0 bridgehead atoms. The van der Waals surface area contributed by atoms with Crippen LogP contribution in [0.25, 0.3) is 66.8 Å². The molecule has 3 radical (unpaired) electrons. The van der Waals surface area contributed by atoms with E-state index in [0.717, 1.165) is 51.6 Å². The van der Waals surface area contributed by atoms with Gasteiger partial charge in [0.15, 0.2) is 0 Å². The number of halogens is 3. The number of fused-ring (bicyclic) bond motifs is 18. The van der Waals surface area contributed by atoms with Crippen molar-refractivity contribution in [3.05, 3.63) is 379 Å². The molecule has 6 aliphatic carbocycles. The quantitative estimate of drug-likeness (QED) is 0.00774. The molecule has 0 saturated heterocycles. The van der Waals surface area contributed by atoms with E-state index in [2.05, 4.69) is 287 Å². The van der Waals surface area contributed by atoms with Crippen molar-refractivity contribution < 1.29 is 176 Å². The molecule has 795 valence electrons. The summed E-state index contributed by atoms with van der Waals surface area (Å²) >= 11 is 4.24. The number of ether oxygens (including phenoxy) is 6. The molecular weight excluding hydrogens is 2430 g/mol. The van der Waals surface area contributed by atoms with E-state index in [1.807, 2.05) is 111 Å². The van der Waals surface area contributed by atoms with Gasteiger partial charge in [-0.05, 0) is 166 Å². The van der Waals surface area contributed by atoms with Gasteiger partial charge in [-0.1, -0.05) is 419 Å². The van der Waals surface area contributed by atoms with Crippen molar-refractivity contribution in [3.63, 3.8) is 0 Å². The first-order valence-electron chi connectivity index (χ1n) is 50.3. The summed E-state index contributed by atoms with van der Waals surface area (Å²) in [6.07, 6.45) is 19.2. The normalized spacial score (nSPS) is 11.5. The Hall–Kier alpha value is -7.28. The maximum atomic E-state index is 11.8. The third kappa shape index (κ3) is 42.7. The maximum absolute atomic E-state index is 11.8. The van der Waals surface area contributed by atoms with Gasteiger partial charge in [-0.2, -0.15) is 12.8 Å². The minimum atomic E-state index is -0.582. The van der Waals surface area contributed by atoms with Gasteiger partial charge in [-0.3, -0.25) is 14.4 Å². The summed E-state index contributed by atoms with van der Waals surface area (Å²) in [7, 11) is 2.25. The van der Waals surface area contributed by atoms with Gasteiger partial charge in [0, 0.05) is 190 Å². The average Bonchev–Trinajstić information content (AvgIpc) is 1.65. The first-order valence-corrected chi connectivity index (χ1v) is 56.6. The van der Waals surface area contributed by atoms with Crippen molar-refractivity contribution in [2.24, 2.45) is 11.5 Å². The van der Waals surface area contributed by atoms with Gasteiger partial charge < -0.3 is 74.2 Å². The predicted molar refractivity (Wildman–Crippen MR) is 625 cm³/mol. The first-order chi connectivity index (χ1) is 70.0. The van der Waals surface area contributed by atoms with E-state index in [1.54, 1.807) is 0 Å². The molecule has 12 aromatic carbocycles. The van der Waals surface area contributed by atoms with Crippen LogP contribution in [0.3, 0.4) is 0 Å². The van der Waals surface area contributed by atoms with Gasteiger partial charge in [-0.25, -0.2) is 21.5 Å². The summed E-state index contributed by atoms with van der Waals surface area (Å²) in [6, 6.07) is 99.2. The van der Waals surface area contributed by atoms with E-state index in [9.17, 15) is 28.8 Å². The van der Waals surface area contributed by atoms with Crippen LogP contribution < -0.4 is 11.5 Å². The third-order valence-electron chi connectivity index (χ3n) is 24.9. The van der Waals surface area contributed by atoms with Gasteiger partial charge in [0.2, 0.25) is 0 Å².